The van der Waals surface area contributed by atoms with Crippen LogP contribution in [-0.2, 0) is 4.74 Å². The Bertz CT molecular complexity index is 554. The minimum absolute atomic E-state index is 0.0136. The SMILES string of the molecule is O=C(N1CC(OC2CCC(F)CC2)C1)N1N=CC[C@H]1C1CC(F)CC(F)C1. The summed E-state index contributed by atoms with van der Waals surface area (Å²) in [6.07, 6.45) is 2.43. The molecule has 8 heteroatoms. The van der Waals surface area contributed by atoms with Gasteiger partial charge in [0.25, 0.3) is 0 Å². The van der Waals surface area contributed by atoms with Gasteiger partial charge in [-0.15, -0.1) is 0 Å². The third-order valence-electron chi connectivity index (χ3n) is 6.34. The average Bonchev–Trinajstić information content (AvgIpc) is 3.08. The number of hydrogen-bond donors (Lipinski definition) is 0. The highest BCUT2D eigenvalue weighted by Crippen LogP contribution is 2.36. The van der Waals surface area contributed by atoms with Gasteiger partial charge in [0.05, 0.1) is 31.3 Å². The molecule has 27 heavy (non-hydrogen) atoms. The van der Waals surface area contributed by atoms with Gasteiger partial charge < -0.3 is 9.64 Å². The predicted molar refractivity (Wildman–Crippen MR) is 94.9 cm³/mol. The van der Waals surface area contributed by atoms with E-state index in [-0.39, 0.29) is 36.6 Å². The summed E-state index contributed by atoms with van der Waals surface area (Å²) in [7, 11) is 0. The summed E-state index contributed by atoms with van der Waals surface area (Å²) < 4.78 is 46.7. The molecule has 3 atom stereocenters. The van der Waals surface area contributed by atoms with Crippen molar-refractivity contribution in [1.29, 1.82) is 0 Å². The number of hydrogen-bond acceptors (Lipinski definition) is 3. The summed E-state index contributed by atoms with van der Waals surface area (Å²) in [6.45, 7) is 0.991. The van der Waals surface area contributed by atoms with Crippen molar-refractivity contribution in [1.82, 2.24) is 9.91 Å². The maximum absolute atomic E-state index is 13.8. The molecule has 0 N–H and O–H groups in total. The second-order valence-corrected chi connectivity index (χ2v) is 8.43. The second-order valence-electron chi connectivity index (χ2n) is 8.43. The van der Waals surface area contributed by atoms with Crippen LogP contribution in [0.2, 0.25) is 0 Å². The van der Waals surface area contributed by atoms with Crippen molar-refractivity contribution < 1.29 is 22.7 Å². The normalized spacial score (nSPS) is 40.3. The number of nitrogens with zero attached hydrogens (tertiary/aromatic N) is 3. The predicted octanol–water partition coefficient (Wildman–Crippen LogP) is 3.62. The van der Waals surface area contributed by atoms with Crippen LogP contribution in [-0.4, -0.2) is 72.0 Å². The van der Waals surface area contributed by atoms with Crippen LogP contribution < -0.4 is 0 Å². The van der Waals surface area contributed by atoms with Crippen molar-refractivity contribution >= 4 is 12.2 Å². The third kappa shape index (κ3) is 4.25. The van der Waals surface area contributed by atoms with Crippen LogP contribution >= 0.6 is 0 Å². The molecule has 1 saturated heterocycles. The maximum Gasteiger partial charge on any atom is 0.340 e. The standard InChI is InChI=1S/C19H28F3N3O2/c20-13-1-3-16(4-2-13)27-17-10-24(11-17)19(26)25-18(5-6-23-25)12-7-14(21)9-15(22)8-12/h6,12-18H,1-5,7-11H2/t12?,13?,14?,15?,16?,18-/m0/s1. The van der Waals surface area contributed by atoms with Crippen molar-refractivity contribution in [3.63, 3.8) is 0 Å². The van der Waals surface area contributed by atoms with Crippen LogP contribution in [0, 0.1) is 5.92 Å². The summed E-state index contributed by atoms with van der Waals surface area (Å²) in [5.41, 5.74) is 0. The Labute approximate surface area is 157 Å². The first kappa shape index (κ1) is 19.0. The van der Waals surface area contributed by atoms with Crippen molar-refractivity contribution in [3.8, 4) is 0 Å². The molecule has 2 amide bonds. The Balaban J connectivity index is 1.26. The van der Waals surface area contributed by atoms with Crippen molar-refractivity contribution in [2.24, 2.45) is 11.0 Å². The Kier molecular flexibility index (Phi) is 5.62. The first-order chi connectivity index (χ1) is 13.0. The Morgan fingerprint density at radius 3 is 2.26 bits per heavy atom. The van der Waals surface area contributed by atoms with E-state index in [9.17, 15) is 18.0 Å². The van der Waals surface area contributed by atoms with E-state index in [2.05, 4.69) is 5.10 Å². The quantitative estimate of drug-likeness (QED) is 0.742. The molecule has 0 aromatic rings. The molecule has 2 saturated carbocycles. The fourth-order valence-electron chi connectivity index (χ4n) is 4.81. The van der Waals surface area contributed by atoms with Crippen molar-refractivity contribution in [2.75, 3.05) is 13.1 Å². The van der Waals surface area contributed by atoms with Gasteiger partial charge in [-0.2, -0.15) is 5.10 Å². The number of likely N-dealkylation sites (tertiary alicyclic amines) is 1. The van der Waals surface area contributed by atoms with E-state index in [0.717, 1.165) is 12.8 Å². The van der Waals surface area contributed by atoms with Gasteiger partial charge in [-0.3, -0.25) is 0 Å². The minimum Gasteiger partial charge on any atom is -0.371 e. The number of halogens is 3. The zero-order valence-electron chi connectivity index (χ0n) is 15.5. The first-order valence-electron chi connectivity index (χ1n) is 10.2. The van der Waals surface area contributed by atoms with Crippen LogP contribution in [0.15, 0.2) is 5.10 Å². The van der Waals surface area contributed by atoms with Gasteiger partial charge in [0.15, 0.2) is 0 Å². The zero-order chi connectivity index (χ0) is 19.0. The average molecular weight is 387 g/mol. The molecule has 4 rings (SSSR count). The molecule has 152 valence electrons. The smallest absolute Gasteiger partial charge is 0.340 e. The highest BCUT2D eigenvalue weighted by molar-refractivity contribution is 5.79. The molecular weight excluding hydrogens is 359 g/mol. The fraction of sp³-hybridized carbons (Fsp3) is 0.895. The van der Waals surface area contributed by atoms with Crippen LogP contribution in [0.4, 0.5) is 18.0 Å². The topological polar surface area (TPSA) is 45.1 Å². The van der Waals surface area contributed by atoms with Gasteiger partial charge in [0.1, 0.15) is 18.5 Å². The largest absolute Gasteiger partial charge is 0.371 e. The van der Waals surface area contributed by atoms with Crippen LogP contribution in [0.25, 0.3) is 0 Å². The summed E-state index contributed by atoms with van der Waals surface area (Å²) in [5.74, 6) is -0.195. The second kappa shape index (κ2) is 7.97. The minimum atomic E-state index is -1.14. The lowest BCUT2D eigenvalue weighted by Gasteiger charge is -2.44. The monoisotopic (exact) mass is 387 g/mol. The molecule has 2 heterocycles. The van der Waals surface area contributed by atoms with E-state index < -0.39 is 18.5 Å². The number of ether oxygens (including phenoxy) is 1. The van der Waals surface area contributed by atoms with E-state index in [1.165, 1.54) is 5.01 Å². The summed E-state index contributed by atoms with van der Waals surface area (Å²) >= 11 is 0. The Hall–Kier alpha value is -1.31. The number of rotatable bonds is 3. The molecule has 0 aromatic carbocycles. The number of urea groups is 1. The molecule has 0 bridgehead atoms. The fourth-order valence-corrected chi connectivity index (χ4v) is 4.81. The summed E-state index contributed by atoms with van der Waals surface area (Å²) in [6, 6.07) is -0.466. The Morgan fingerprint density at radius 1 is 0.926 bits per heavy atom. The van der Waals surface area contributed by atoms with E-state index in [4.69, 9.17) is 4.74 Å². The van der Waals surface area contributed by atoms with Crippen LogP contribution in [0.3, 0.4) is 0 Å². The number of carbonyl (C=O) groups excluding carboxylic acids is 1. The molecular formula is C19H28F3N3O2. The lowest BCUT2D eigenvalue weighted by molar-refractivity contribution is -0.0963. The van der Waals surface area contributed by atoms with Gasteiger partial charge in [0.2, 0.25) is 0 Å². The number of amides is 2. The van der Waals surface area contributed by atoms with E-state index >= 15 is 0 Å². The molecule has 3 fully saturated rings. The molecule has 5 nitrogen and oxygen atoms in total. The van der Waals surface area contributed by atoms with E-state index in [1.54, 1.807) is 11.1 Å². The van der Waals surface area contributed by atoms with Gasteiger partial charge in [-0.1, -0.05) is 0 Å². The van der Waals surface area contributed by atoms with E-state index in [1.807, 2.05) is 0 Å². The van der Waals surface area contributed by atoms with E-state index in [0.29, 0.717) is 45.2 Å². The number of carbonyl (C=O) groups is 1. The lowest BCUT2D eigenvalue weighted by atomic mass is 9.81. The molecule has 0 radical (unpaired) electrons. The molecule has 0 spiro atoms. The molecule has 2 aliphatic heterocycles. The van der Waals surface area contributed by atoms with Gasteiger partial charge in [-0.05, 0) is 44.4 Å². The summed E-state index contributed by atoms with van der Waals surface area (Å²) in [5, 5.41) is 5.60. The maximum atomic E-state index is 13.8. The number of hydrazone groups is 1. The van der Waals surface area contributed by atoms with Crippen LogP contribution in [0.1, 0.15) is 51.4 Å². The molecule has 0 aromatic heterocycles. The van der Waals surface area contributed by atoms with Crippen molar-refractivity contribution in [3.05, 3.63) is 0 Å². The van der Waals surface area contributed by atoms with Gasteiger partial charge in [-0.25, -0.2) is 23.0 Å². The highest BCUT2D eigenvalue weighted by Gasteiger charge is 2.43. The molecule has 4 aliphatic rings. The lowest BCUT2D eigenvalue weighted by Crippen LogP contribution is -2.60. The Morgan fingerprint density at radius 2 is 1.59 bits per heavy atom. The third-order valence-corrected chi connectivity index (χ3v) is 6.34. The summed E-state index contributed by atoms with van der Waals surface area (Å²) in [4.78, 5) is 14.4. The zero-order valence-corrected chi connectivity index (χ0v) is 15.5. The van der Waals surface area contributed by atoms with Gasteiger partial charge in [0, 0.05) is 19.1 Å². The highest BCUT2D eigenvalue weighted by atomic mass is 19.1. The van der Waals surface area contributed by atoms with Crippen LogP contribution in [0.5, 0.6) is 0 Å². The number of alkyl halides is 3. The molecule has 2 unspecified atom stereocenters. The van der Waals surface area contributed by atoms with Gasteiger partial charge >= 0.3 is 6.03 Å². The first-order valence-corrected chi connectivity index (χ1v) is 10.2. The van der Waals surface area contributed by atoms with Crippen molar-refractivity contribution in [2.45, 2.75) is 88.1 Å². The molecule has 2 aliphatic carbocycles.